The molecule has 0 bridgehead atoms. The number of aromatic nitrogens is 8. The van der Waals surface area contributed by atoms with Crippen LogP contribution in [-0.4, -0.2) is 39.9 Å². The van der Waals surface area contributed by atoms with Gasteiger partial charge in [0.05, 0.1) is 55.9 Å². The maximum Gasteiger partial charge on any atom is 2.00 e. The zero-order valence-corrected chi connectivity index (χ0v) is 28.9. The molecule has 7 heterocycles. The normalized spacial score (nSPS) is 9.96. The molecule has 0 saturated heterocycles. The number of hydrogen-bond donors (Lipinski definition) is 0. The van der Waals surface area contributed by atoms with Crippen molar-refractivity contribution >= 4 is 43.9 Å². The molecule has 0 fully saturated rings. The predicted molar refractivity (Wildman–Crippen MR) is 183 cm³/mol. The van der Waals surface area contributed by atoms with Crippen molar-refractivity contribution in [1.82, 2.24) is 39.9 Å². The Hall–Kier alpha value is -5.34. The first-order valence-corrected chi connectivity index (χ1v) is 14.7. The molecule has 0 saturated carbocycles. The van der Waals surface area contributed by atoms with Gasteiger partial charge in [0.25, 0.3) is 0 Å². The van der Waals surface area contributed by atoms with Crippen molar-refractivity contribution in [2.75, 3.05) is 0 Å². The van der Waals surface area contributed by atoms with E-state index < -0.39 is 0 Å². The number of rotatable bonds is 2. The minimum absolute atomic E-state index is 0. The average molecular weight is 767 g/mol. The molecule has 0 aliphatic heterocycles. The first-order chi connectivity index (χ1) is 22.8. The van der Waals surface area contributed by atoms with Gasteiger partial charge in [-0.3, -0.25) is 29.9 Å². The van der Waals surface area contributed by atoms with Crippen molar-refractivity contribution in [1.29, 1.82) is 0 Å². The number of nitrogens with zero attached hydrogens (tertiary/aromatic N) is 8. The fourth-order valence-electron chi connectivity index (χ4n) is 5.00. The van der Waals surface area contributed by atoms with Crippen LogP contribution in [0.1, 0.15) is 0 Å². The van der Waals surface area contributed by atoms with Crippen molar-refractivity contribution in [3.05, 3.63) is 159 Å². The predicted octanol–water partition coefficient (Wildman–Crippen LogP) is 2.17. The van der Waals surface area contributed by atoms with Crippen LogP contribution in [0, 0.1) is 0 Å². The molecule has 240 valence electrons. The number of hydrogen-bond acceptors (Lipinski definition) is 8. The number of fused-ring (bicyclic) bond motifs is 7. The van der Waals surface area contributed by atoms with Crippen LogP contribution in [0.25, 0.3) is 66.6 Å². The standard InChI is InChI=1S/C18H10N4.2C10H8N2.2ClH.Ru/c1-2-8-14-13(7-1)21-17-11-5-3-9-19-15(11)16-12(18(17)22-14)6-4-10-20-16;2*1-3-7-11-9(5-1)10-6-2-4-8-12-10;;;/h1-10H;2*1-8H;2*1H;/q;;;;;+2/p-2. The summed E-state index contributed by atoms with van der Waals surface area (Å²) in [5.41, 5.74) is 8.94. The van der Waals surface area contributed by atoms with Crippen LogP contribution in [0.2, 0.25) is 0 Å². The van der Waals surface area contributed by atoms with Gasteiger partial charge in [-0.25, -0.2) is 9.97 Å². The fraction of sp³-hybridized carbons (Fsp3) is 0. The van der Waals surface area contributed by atoms with Gasteiger partial charge in [0.2, 0.25) is 0 Å². The SMILES string of the molecule is [Cl-].[Cl-].[Ru+2].c1ccc(-c2ccccn2)nc1.c1ccc(-c2ccccn2)nc1.c1ccc2nc3c4cccnc4c4ncccc4c3nc2c1. The molecule has 0 aliphatic rings. The molecule has 0 amide bonds. The second kappa shape index (κ2) is 17.7. The molecule has 9 rings (SSSR count). The molecule has 0 radical (unpaired) electrons. The van der Waals surface area contributed by atoms with E-state index in [0.717, 1.165) is 66.6 Å². The maximum atomic E-state index is 4.83. The van der Waals surface area contributed by atoms with E-state index in [0.29, 0.717) is 0 Å². The van der Waals surface area contributed by atoms with Crippen molar-refractivity contribution in [2.24, 2.45) is 0 Å². The topological polar surface area (TPSA) is 103 Å². The van der Waals surface area contributed by atoms with Crippen LogP contribution < -0.4 is 24.8 Å². The van der Waals surface area contributed by atoms with Gasteiger partial charge in [0, 0.05) is 48.0 Å². The Morgan fingerprint density at radius 3 is 0.898 bits per heavy atom. The van der Waals surface area contributed by atoms with E-state index in [4.69, 9.17) is 9.97 Å². The Labute approximate surface area is 307 Å². The molecule has 0 spiro atoms. The quantitative estimate of drug-likeness (QED) is 0.150. The Kier molecular flexibility index (Phi) is 13.2. The van der Waals surface area contributed by atoms with Crippen LogP contribution >= 0.6 is 0 Å². The molecule has 0 unspecified atom stereocenters. The summed E-state index contributed by atoms with van der Waals surface area (Å²) in [6.45, 7) is 0. The number of halogens is 2. The Morgan fingerprint density at radius 2 is 0.592 bits per heavy atom. The van der Waals surface area contributed by atoms with Gasteiger partial charge in [-0.15, -0.1) is 0 Å². The second-order valence-electron chi connectivity index (χ2n) is 10.1. The maximum absolute atomic E-state index is 4.83. The molecule has 0 aliphatic carbocycles. The monoisotopic (exact) mass is 766 g/mol. The zero-order valence-electron chi connectivity index (χ0n) is 25.7. The summed E-state index contributed by atoms with van der Waals surface area (Å²) in [5, 5.41) is 1.98. The molecule has 2 aromatic carbocycles. The van der Waals surface area contributed by atoms with Gasteiger partial charge in [0.1, 0.15) is 0 Å². The van der Waals surface area contributed by atoms with E-state index in [9.17, 15) is 0 Å². The first-order valence-electron chi connectivity index (χ1n) is 14.7. The zero-order chi connectivity index (χ0) is 31.0. The van der Waals surface area contributed by atoms with Crippen LogP contribution in [-0.2, 0) is 19.5 Å². The molecule has 8 nitrogen and oxygen atoms in total. The molecule has 49 heavy (non-hydrogen) atoms. The van der Waals surface area contributed by atoms with Crippen molar-refractivity contribution in [2.45, 2.75) is 0 Å². The van der Waals surface area contributed by atoms with Crippen molar-refractivity contribution in [3.63, 3.8) is 0 Å². The Bertz CT molecular complexity index is 2130. The third kappa shape index (κ3) is 8.40. The van der Waals surface area contributed by atoms with Gasteiger partial charge in [-0.2, -0.15) is 0 Å². The average Bonchev–Trinajstić information content (AvgIpc) is 3.16. The molecule has 7 aromatic heterocycles. The third-order valence-corrected chi connectivity index (χ3v) is 7.10. The van der Waals surface area contributed by atoms with Gasteiger partial charge in [-0.05, 0) is 84.9 Å². The number of pyridine rings is 6. The van der Waals surface area contributed by atoms with E-state index >= 15 is 0 Å². The third-order valence-electron chi connectivity index (χ3n) is 7.10. The minimum atomic E-state index is 0. The first kappa shape index (κ1) is 36.5. The fourth-order valence-corrected chi connectivity index (χ4v) is 5.00. The number of benzene rings is 2. The summed E-state index contributed by atoms with van der Waals surface area (Å²) in [4.78, 5) is 35.4. The minimum Gasteiger partial charge on any atom is -1.00 e. The Balaban J connectivity index is 0.000000173. The van der Waals surface area contributed by atoms with Gasteiger partial charge < -0.3 is 24.8 Å². The van der Waals surface area contributed by atoms with E-state index in [1.54, 1.807) is 37.2 Å². The molecular formula is C38H26Cl2N8Ru. The Morgan fingerprint density at radius 1 is 0.286 bits per heavy atom. The molecule has 11 heteroatoms. The summed E-state index contributed by atoms with van der Waals surface area (Å²) >= 11 is 0. The summed E-state index contributed by atoms with van der Waals surface area (Å²) < 4.78 is 0. The van der Waals surface area contributed by atoms with E-state index in [2.05, 4.69) is 29.9 Å². The molecule has 0 atom stereocenters. The summed E-state index contributed by atoms with van der Waals surface area (Å²) in [6, 6.07) is 39.0. The van der Waals surface area contributed by atoms with E-state index in [1.165, 1.54) is 0 Å². The summed E-state index contributed by atoms with van der Waals surface area (Å²) in [6.07, 6.45) is 10.6. The number of para-hydroxylation sites is 2. The second-order valence-corrected chi connectivity index (χ2v) is 10.1. The largest absolute Gasteiger partial charge is 2.00 e. The van der Waals surface area contributed by atoms with Gasteiger partial charge >= 0.3 is 19.5 Å². The summed E-state index contributed by atoms with van der Waals surface area (Å²) in [7, 11) is 0. The van der Waals surface area contributed by atoms with Crippen molar-refractivity contribution in [3.8, 4) is 22.8 Å². The van der Waals surface area contributed by atoms with Gasteiger partial charge in [-0.1, -0.05) is 36.4 Å². The van der Waals surface area contributed by atoms with E-state index in [1.807, 2.05) is 121 Å². The summed E-state index contributed by atoms with van der Waals surface area (Å²) in [5.74, 6) is 0. The van der Waals surface area contributed by atoms with E-state index in [-0.39, 0.29) is 44.3 Å². The molecule has 9 aromatic rings. The smallest absolute Gasteiger partial charge is 1.00 e. The van der Waals surface area contributed by atoms with Crippen molar-refractivity contribution < 1.29 is 44.3 Å². The van der Waals surface area contributed by atoms with Crippen LogP contribution in [0.5, 0.6) is 0 Å². The van der Waals surface area contributed by atoms with Crippen LogP contribution in [0.15, 0.2) is 159 Å². The van der Waals surface area contributed by atoms with Gasteiger partial charge in [0.15, 0.2) is 0 Å². The molecular weight excluding hydrogens is 740 g/mol. The van der Waals surface area contributed by atoms with Crippen LogP contribution in [0.3, 0.4) is 0 Å². The van der Waals surface area contributed by atoms with Crippen LogP contribution in [0.4, 0.5) is 0 Å². The molecule has 0 N–H and O–H groups in total.